The lowest BCUT2D eigenvalue weighted by atomic mass is 9.97. The Labute approximate surface area is 72.2 Å². The third kappa shape index (κ3) is 1.42. The first-order valence-corrected chi connectivity index (χ1v) is 3.56. The van der Waals surface area contributed by atoms with Crippen molar-refractivity contribution < 1.29 is 33.9 Å². The molecule has 13 heavy (non-hydrogen) atoms. The Morgan fingerprint density at radius 3 is 2.15 bits per heavy atom. The van der Waals surface area contributed by atoms with Gasteiger partial charge < -0.3 is 25.2 Å². The second kappa shape index (κ2) is 2.82. The van der Waals surface area contributed by atoms with Gasteiger partial charge in [0, 0.05) is 0 Å². The molecule has 0 saturated carbocycles. The normalized spacial score (nSPS) is 57.9. The number of rotatable bonds is 0. The van der Waals surface area contributed by atoms with Crippen molar-refractivity contribution in [2.75, 3.05) is 0 Å². The standard InChI is InChI=1S/C6H10F2O5/c1-2-3(9)4(10)5(7,11)6(8,12)13-2/h2-4,9-12H,1H3/t2-,3+,4+,5-,6?/m0/s1. The quantitative estimate of drug-likeness (QED) is 0.378. The van der Waals surface area contributed by atoms with Crippen LogP contribution in [0.15, 0.2) is 0 Å². The predicted octanol–water partition coefficient (Wildman–Crippen LogP) is -1.60. The van der Waals surface area contributed by atoms with Crippen LogP contribution in [-0.4, -0.2) is 50.6 Å². The van der Waals surface area contributed by atoms with E-state index in [1.807, 2.05) is 0 Å². The summed E-state index contributed by atoms with van der Waals surface area (Å²) in [5.41, 5.74) is 0. The maximum absolute atomic E-state index is 12.9. The molecule has 7 heteroatoms. The number of halogens is 2. The average molecular weight is 200 g/mol. The van der Waals surface area contributed by atoms with Crippen molar-refractivity contribution in [2.45, 2.75) is 37.1 Å². The van der Waals surface area contributed by atoms with Crippen LogP contribution in [-0.2, 0) is 4.74 Å². The van der Waals surface area contributed by atoms with E-state index >= 15 is 0 Å². The van der Waals surface area contributed by atoms with Crippen LogP contribution in [0.25, 0.3) is 0 Å². The molecule has 0 radical (unpaired) electrons. The van der Waals surface area contributed by atoms with Gasteiger partial charge in [0.1, 0.15) is 12.2 Å². The van der Waals surface area contributed by atoms with Gasteiger partial charge in [0.25, 0.3) is 0 Å². The highest BCUT2D eigenvalue weighted by atomic mass is 19.2. The van der Waals surface area contributed by atoms with Crippen LogP contribution in [0.4, 0.5) is 8.78 Å². The van der Waals surface area contributed by atoms with Gasteiger partial charge in [-0.3, -0.25) is 0 Å². The molecule has 1 unspecified atom stereocenters. The van der Waals surface area contributed by atoms with Crippen molar-refractivity contribution in [2.24, 2.45) is 0 Å². The van der Waals surface area contributed by atoms with Crippen LogP contribution in [0.5, 0.6) is 0 Å². The molecule has 0 amide bonds. The summed E-state index contributed by atoms with van der Waals surface area (Å²) < 4.78 is 29.5. The molecule has 1 fully saturated rings. The largest absolute Gasteiger partial charge is 0.387 e. The van der Waals surface area contributed by atoms with Crippen LogP contribution in [0, 0.1) is 0 Å². The molecular formula is C6H10F2O5. The summed E-state index contributed by atoms with van der Waals surface area (Å²) in [5.74, 6) is -4.04. The second-order valence-corrected chi connectivity index (χ2v) is 2.99. The van der Waals surface area contributed by atoms with Crippen LogP contribution >= 0.6 is 0 Å². The third-order valence-electron chi connectivity index (χ3n) is 1.97. The average Bonchev–Trinajstić information content (AvgIpc) is 1.98. The van der Waals surface area contributed by atoms with Gasteiger partial charge in [-0.2, -0.15) is 8.78 Å². The van der Waals surface area contributed by atoms with Gasteiger partial charge in [0.15, 0.2) is 0 Å². The Balaban J connectivity index is 2.96. The van der Waals surface area contributed by atoms with E-state index in [0.29, 0.717) is 0 Å². The summed E-state index contributed by atoms with van der Waals surface area (Å²) in [6.45, 7) is 1.10. The van der Waals surface area contributed by atoms with Crippen LogP contribution in [0.2, 0.25) is 0 Å². The fourth-order valence-corrected chi connectivity index (χ4v) is 1.06. The summed E-state index contributed by atoms with van der Waals surface area (Å²) in [5, 5.41) is 35.0. The first-order valence-electron chi connectivity index (χ1n) is 3.56. The first-order chi connectivity index (χ1) is 5.70. The van der Waals surface area contributed by atoms with Crippen molar-refractivity contribution >= 4 is 0 Å². The predicted molar refractivity (Wildman–Crippen MR) is 34.7 cm³/mol. The Morgan fingerprint density at radius 1 is 1.23 bits per heavy atom. The molecule has 78 valence electrons. The second-order valence-electron chi connectivity index (χ2n) is 2.99. The van der Waals surface area contributed by atoms with E-state index in [9.17, 15) is 8.78 Å². The highest BCUT2D eigenvalue weighted by Crippen LogP contribution is 2.38. The molecule has 0 aliphatic carbocycles. The number of hydrogen-bond donors (Lipinski definition) is 4. The molecule has 0 aromatic heterocycles. The zero-order chi connectivity index (χ0) is 10.4. The minimum Gasteiger partial charge on any atom is -0.387 e. The SMILES string of the molecule is C[C@@H]1OC(O)(F)[C@](O)(F)[C@H](O)[C@@H]1O. The number of aliphatic hydroxyl groups excluding tert-OH is 2. The summed E-state index contributed by atoms with van der Waals surface area (Å²) in [6, 6.07) is -4.02. The Hall–Kier alpha value is -0.340. The van der Waals surface area contributed by atoms with Gasteiger partial charge in [0.2, 0.25) is 0 Å². The van der Waals surface area contributed by atoms with E-state index in [1.165, 1.54) is 0 Å². The molecule has 0 aromatic rings. The van der Waals surface area contributed by atoms with E-state index in [2.05, 4.69) is 4.74 Å². The maximum atomic E-state index is 12.9. The van der Waals surface area contributed by atoms with Gasteiger partial charge in [-0.05, 0) is 6.92 Å². The van der Waals surface area contributed by atoms with Crippen molar-refractivity contribution in [1.29, 1.82) is 0 Å². The first kappa shape index (κ1) is 10.7. The van der Waals surface area contributed by atoms with Gasteiger partial charge in [-0.25, -0.2) is 0 Å². The van der Waals surface area contributed by atoms with Gasteiger partial charge in [0.05, 0.1) is 6.10 Å². The highest BCUT2D eigenvalue weighted by Gasteiger charge is 2.65. The fraction of sp³-hybridized carbons (Fsp3) is 1.00. The molecule has 1 heterocycles. The molecule has 0 aromatic carbocycles. The van der Waals surface area contributed by atoms with Crippen molar-refractivity contribution in [1.82, 2.24) is 0 Å². The molecule has 1 saturated heterocycles. The van der Waals surface area contributed by atoms with Gasteiger partial charge >= 0.3 is 11.9 Å². The monoisotopic (exact) mass is 200 g/mol. The number of hydrogen-bond acceptors (Lipinski definition) is 5. The molecule has 5 nitrogen and oxygen atoms in total. The zero-order valence-electron chi connectivity index (χ0n) is 6.69. The third-order valence-corrected chi connectivity index (χ3v) is 1.97. The van der Waals surface area contributed by atoms with Crippen molar-refractivity contribution in [3.63, 3.8) is 0 Å². The summed E-state index contributed by atoms with van der Waals surface area (Å²) in [7, 11) is 0. The Bertz CT molecular complexity index is 207. The minimum atomic E-state index is -4.04. The van der Waals surface area contributed by atoms with E-state index in [1.54, 1.807) is 0 Å². The molecule has 0 spiro atoms. The van der Waals surface area contributed by atoms with Gasteiger partial charge in [-0.15, -0.1) is 0 Å². The lowest BCUT2D eigenvalue weighted by Crippen LogP contribution is -2.68. The molecule has 1 rings (SSSR count). The Morgan fingerprint density at radius 2 is 1.69 bits per heavy atom. The highest BCUT2D eigenvalue weighted by molar-refractivity contribution is 4.95. The Kier molecular flexibility index (Phi) is 2.33. The van der Waals surface area contributed by atoms with E-state index in [0.717, 1.165) is 6.92 Å². The van der Waals surface area contributed by atoms with Crippen molar-refractivity contribution in [3.8, 4) is 0 Å². The summed E-state index contributed by atoms with van der Waals surface area (Å²) in [6.07, 6.45) is -5.61. The molecular weight excluding hydrogens is 190 g/mol. The molecule has 4 N–H and O–H groups in total. The number of alkyl halides is 2. The number of aliphatic hydroxyl groups is 4. The lowest BCUT2D eigenvalue weighted by Gasteiger charge is -2.43. The van der Waals surface area contributed by atoms with Crippen LogP contribution in [0.3, 0.4) is 0 Å². The van der Waals surface area contributed by atoms with E-state index < -0.39 is 30.2 Å². The fourth-order valence-electron chi connectivity index (χ4n) is 1.06. The van der Waals surface area contributed by atoms with Crippen LogP contribution in [0.1, 0.15) is 6.92 Å². The van der Waals surface area contributed by atoms with Crippen LogP contribution < -0.4 is 0 Å². The smallest absolute Gasteiger partial charge is 0.381 e. The maximum Gasteiger partial charge on any atom is 0.381 e. The molecule has 1 aliphatic heterocycles. The summed E-state index contributed by atoms with van der Waals surface area (Å²) >= 11 is 0. The van der Waals surface area contributed by atoms with E-state index in [-0.39, 0.29) is 0 Å². The lowest BCUT2D eigenvalue weighted by molar-refractivity contribution is -0.468. The van der Waals surface area contributed by atoms with Crippen molar-refractivity contribution in [3.05, 3.63) is 0 Å². The van der Waals surface area contributed by atoms with E-state index in [4.69, 9.17) is 20.4 Å². The zero-order valence-corrected chi connectivity index (χ0v) is 6.69. The number of ether oxygens (including phenoxy) is 1. The summed E-state index contributed by atoms with van der Waals surface area (Å²) in [4.78, 5) is 0. The minimum absolute atomic E-state index is 1.10. The topological polar surface area (TPSA) is 90.2 Å². The molecule has 0 bridgehead atoms. The molecule has 1 aliphatic rings. The van der Waals surface area contributed by atoms with Gasteiger partial charge in [-0.1, -0.05) is 0 Å². The molecule has 5 atom stereocenters.